The van der Waals surface area contributed by atoms with Crippen molar-refractivity contribution >= 4 is 17.4 Å². The average molecular weight is 364 g/mol. The number of rotatable bonds is 3. The van der Waals surface area contributed by atoms with Crippen LogP contribution in [0.4, 0.5) is 11.5 Å². The Bertz CT molecular complexity index is 1000. The number of carbonyl (C=O) groups excluding carboxylic acids is 1. The molecule has 2 aliphatic rings. The first-order chi connectivity index (χ1) is 13.1. The van der Waals surface area contributed by atoms with Gasteiger partial charge in [-0.3, -0.25) is 14.4 Å². The third kappa shape index (κ3) is 2.66. The van der Waals surface area contributed by atoms with Crippen LogP contribution in [0.3, 0.4) is 0 Å². The lowest BCUT2D eigenvalue weighted by molar-refractivity contribution is 0.0996. The number of carbonyl (C=O) groups is 1. The van der Waals surface area contributed by atoms with Gasteiger partial charge < -0.3 is 4.90 Å². The van der Waals surface area contributed by atoms with Crippen LogP contribution in [-0.2, 0) is 13.6 Å². The molecule has 3 aromatic heterocycles. The molecular formula is C18H20N8O. The monoisotopic (exact) mass is 364 g/mol. The molecule has 0 aromatic carbocycles. The van der Waals surface area contributed by atoms with Gasteiger partial charge in [0.1, 0.15) is 0 Å². The lowest BCUT2D eigenvalue weighted by atomic mass is 10.2. The summed E-state index contributed by atoms with van der Waals surface area (Å²) in [5, 5.41) is 17.3. The van der Waals surface area contributed by atoms with E-state index in [0.29, 0.717) is 23.8 Å². The van der Waals surface area contributed by atoms with Gasteiger partial charge in [0.2, 0.25) is 0 Å². The van der Waals surface area contributed by atoms with Crippen molar-refractivity contribution in [3.8, 4) is 5.82 Å². The molecule has 0 unspecified atom stereocenters. The van der Waals surface area contributed by atoms with Crippen molar-refractivity contribution in [2.45, 2.75) is 19.9 Å². The lowest BCUT2D eigenvalue weighted by Crippen LogP contribution is -2.23. The van der Waals surface area contributed by atoms with Crippen molar-refractivity contribution < 1.29 is 4.79 Å². The number of amides is 1. The zero-order chi connectivity index (χ0) is 18.5. The molecule has 5 rings (SSSR count). The van der Waals surface area contributed by atoms with Crippen molar-refractivity contribution in [3.63, 3.8) is 0 Å². The van der Waals surface area contributed by atoms with E-state index in [-0.39, 0.29) is 5.91 Å². The summed E-state index contributed by atoms with van der Waals surface area (Å²) in [6.07, 6.45) is 6.42. The van der Waals surface area contributed by atoms with Gasteiger partial charge in [-0.25, -0.2) is 4.68 Å². The molecule has 9 nitrogen and oxygen atoms in total. The second kappa shape index (κ2) is 5.90. The second-order valence-corrected chi connectivity index (χ2v) is 7.29. The summed E-state index contributed by atoms with van der Waals surface area (Å²) in [4.78, 5) is 16.6. The van der Waals surface area contributed by atoms with Crippen LogP contribution in [0, 0.1) is 5.92 Å². The summed E-state index contributed by atoms with van der Waals surface area (Å²) in [6.45, 7) is 4.72. The van der Waals surface area contributed by atoms with Gasteiger partial charge in [0.25, 0.3) is 5.91 Å². The van der Waals surface area contributed by atoms with E-state index in [1.165, 1.54) is 6.42 Å². The Labute approximate surface area is 156 Å². The van der Waals surface area contributed by atoms with Crippen LogP contribution in [0.2, 0.25) is 0 Å². The zero-order valence-electron chi connectivity index (χ0n) is 15.3. The lowest BCUT2D eigenvalue weighted by Gasteiger charge is -2.16. The van der Waals surface area contributed by atoms with E-state index in [2.05, 4.69) is 32.2 Å². The molecule has 138 valence electrons. The molecule has 0 N–H and O–H groups in total. The molecule has 1 saturated heterocycles. The van der Waals surface area contributed by atoms with Gasteiger partial charge in [0.15, 0.2) is 11.6 Å². The van der Waals surface area contributed by atoms with E-state index in [4.69, 9.17) is 0 Å². The van der Waals surface area contributed by atoms with Crippen molar-refractivity contribution in [1.82, 2.24) is 29.8 Å². The van der Waals surface area contributed by atoms with E-state index >= 15 is 0 Å². The van der Waals surface area contributed by atoms with Crippen molar-refractivity contribution in [2.75, 3.05) is 22.9 Å². The Balaban J connectivity index is 1.37. The summed E-state index contributed by atoms with van der Waals surface area (Å²) >= 11 is 0. The molecule has 3 aromatic rings. The van der Waals surface area contributed by atoms with E-state index < -0.39 is 0 Å². The second-order valence-electron chi connectivity index (χ2n) is 7.29. The number of aryl methyl sites for hydroxylation is 1. The summed E-state index contributed by atoms with van der Waals surface area (Å²) in [7, 11) is 1.83. The van der Waals surface area contributed by atoms with Crippen LogP contribution in [0.25, 0.3) is 5.82 Å². The molecule has 2 aliphatic heterocycles. The molecule has 5 heterocycles. The summed E-state index contributed by atoms with van der Waals surface area (Å²) in [6, 6.07) is 3.87. The van der Waals surface area contributed by atoms with Crippen LogP contribution < -0.4 is 9.80 Å². The fraction of sp³-hybridized carbons (Fsp3) is 0.389. The molecule has 0 spiro atoms. The first-order valence-corrected chi connectivity index (χ1v) is 9.06. The van der Waals surface area contributed by atoms with Gasteiger partial charge in [0, 0.05) is 32.5 Å². The van der Waals surface area contributed by atoms with Crippen LogP contribution in [0.15, 0.2) is 30.7 Å². The fourth-order valence-electron chi connectivity index (χ4n) is 3.70. The number of aromatic nitrogens is 6. The highest BCUT2D eigenvalue weighted by atomic mass is 16.2. The van der Waals surface area contributed by atoms with Gasteiger partial charge >= 0.3 is 0 Å². The molecule has 0 saturated carbocycles. The molecular weight excluding hydrogens is 344 g/mol. The van der Waals surface area contributed by atoms with E-state index in [9.17, 15) is 4.79 Å². The smallest absolute Gasteiger partial charge is 0.262 e. The zero-order valence-corrected chi connectivity index (χ0v) is 15.3. The minimum atomic E-state index is -0.0696. The quantitative estimate of drug-likeness (QED) is 0.698. The van der Waals surface area contributed by atoms with E-state index in [1.54, 1.807) is 26.7 Å². The molecule has 0 radical (unpaired) electrons. The van der Waals surface area contributed by atoms with E-state index in [1.807, 2.05) is 25.4 Å². The number of hydrogen-bond donors (Lipinski definition) is 0. The summed E-state index contributed by atoms with van der Waals surface area (Å²) < 4.78 is 3.31. The molecule has 1 amide bonds. The highest BCUT2D eigenvalue weighted by molar-refractivity contribution is 6.09. The molecule has 0 bridgehead atoms. The molecule has 1 atom stereocenters. The van der Waals surface area contributed by atoms with Crippen molar-refractivity contribution in [1.29, 1.82) is 0 Å². The van der Waals surface area contributed by atoms with Gasteiger partial charge in [-0.15, -0.1) is 10.2 Å². The van der Waals surface area contributed by atoms with Crippen LogP contribution in [-0.4, -0.2) is 48.8 Å². The normalized spacial score (nSPS) is 19.2. The maximum atomic E-state index is 12.7. The topological polar surface area (TPSA) is 85.0 Å². The highest BCUT2D eigenvalue weighted by Gasteiger charge is 2.32. The maximum absolute atomic E-state index is 12.7. The average Bonchev–Trinajstić information content (AvgIpc) is 3.42. The predicted octanol–water partition coefficient (Wildman–Crippen LogP) is 1.40. The van der Waals surface area contributed by atoms with Gasteiger partial charge in [-0.1, -0.05) is 6.92 Å². The van der Waals surface area contributed by atoms with Crippen LogP contribution >= 0.6 is 0 Å². The first-order valence-electron chi connectivity index (χ1n) is 9.06. The summed E-state index contributed by atoms with van der Waals surface area (Å²) in [5.74, 6) is 2.12. The molecule has 9 heteroatoms. The van der Waals surface area contributed by atoms with Crippen molar-refractivity contribution in [3.05, 3.63) is 42.0 Å². The Kier molecular flexibility index (Phi) is 3.49. The third-order valence-corrected chi connectivity index (χ3v) is 5.20. The Morgan fingerprint density at radius 1 is 1.15 bits per heavy atom. The van der Waals surface area contributed by atoms with Crippen LogP contribution in [0.5, 0.6) is 0 Å². The van der Waals surface area contributed by atoms with E-state index in [0.717, 1.165) is 30.3 Å². The summed E-state index contributed by atoms with van der Waals surface area (Å²) in [5.41, 5.74) is 2.11. The Morgan fingerprint density at radius 3 is 2.59 bits per heavy atom. The predicted molar refractivity (Wildman–Crippen MR) is 98.9 cm³/mol. The fourth-order valence-corrected chi connectivity index (χ4v) is 3.70. The number of nitrogens with zero attached hydrogens (tertiary/aromatic N) is 8. The number of hydrogen-bond acceptors (Lipinski definition) is 6. The van der Waals surface area contributed by atoms with Gasteiger partial charge in [-0.2, -0.15) is 10.2 Å². The molecule has 1 fully saturated rings. The van der Waals surface area contributed by atoms with Crippen LogP contribution in [0.1, 0.15) is 29.4 Å². The molecule has 0 aliphatic carbocycles. The third-order valence-electron chi connectivity index (χ3n) is 5.20. The largest absolute Gasteiger partial charge is 0.355 e. The Hall–Kier alpha value is -3.23. The maximum Gasteiger partial charge on any atom is 0.262 e. The highest BCUT2D eigenvalue weighted by Crippen LogP contribution is 2.28. The first kappa shape index (κ1) is 16.0. The minimum absolute atomic E-state index is 0.0696. The Morgan fingerprint density at radius 2 is 1.96 bits per heavy atom. The SMILES string of the molecule is C[C@H]1CCN(c2ccc(-n3cc4c(n3)CN(c3cnn(C)c3)C4=O)nn2)C1. The van der Waals surface area contributed by atoms with Gasteiger partial charge in [0.05, 0.1) is 29.7 Å². The number of fused-ring (bicyclic) bond motifs is 1. The molecule has 27 heavy (non-hydrogen) atoms. The van der Waals surface area contributed by atoms with Gasteiger partial charge in [-0.05, 0) is 24.5 Å². The standard InChI is InChI=1S/C18H20N8O/c1-12-5-6-24(8-12)16-3-4-17(21-20-16)26-10-14-15(22-26)11-25(18(14)27)13-7-19-23(2)9-13/h3-4,7,9-10,12H,5-6,8,11H2,1-2H3/t12-/m0/s1. The number of anilines is 2. The van der Waals surface area contributed by atoms with Crippen molar-refractivity contribution in [2.24, 2.45) is 13.0 Å². The minimum Gasteiger partial charge on any atom is -0.355 e.